The molecule has 0 aliphatic carbocycles. The van der Waals surface area contributed by atoms with Gasteiger partial charge in [0.1, 0.15) is 16.6 Å². The van der Waals surface area contributed by atoms with Crippen molar-refractivity contribution in [2.45, 2.75) is 25.8 Å². The third kappa shape index (κ3) is 4.71. The van der Waals surface area contributed by atoms with Gasteiger partial charge in [-0.2, -0.15) is 0 Å². The molecule has 0 saturated carbocycles. The molecule has 28 heavy (non-hydrogen) atoms. The summed E-state index contributed by atoms with van der Waals surface area (Å²) in [6.07, 6.45) is 8.90. The number of urea groups is 1. The summed E-state index contributed by atoms with van der Waals surface area (Å²) in [5, 5.41) is 8.31. The summed E-state index contributed by atoms with van der Waals surface area (Å²) in [5.74, 6) is 1.11. The number of nitrogens with one attached hydrogen (secondary N) is 2. The predicted octanol–water partition coefficient (Wildman–Crippen LogP) is 4.23. The van der Waals surface area contributed by atoms with Gasteiger partial charge in [0.25, 0.3) is 0 Å². The summed E-state index contributed by atoms with van der Waals surface area (Å²) in [7, 11) is 0. The van der Waals surface area contributed by atoms with Gasteiger partial charge in [-0.25, -0.2) is 14.8 Å². The Morgan fingerprint density at radius 2 is 1.89 bits per heavy atom. The Kier molecular flexibility index (Phi) is 5.89. The monoisotopic (exact) mass is 394 g/mol. The van der Waals surface area contributed by atoms with Gasteiger partial charge in [-0.1, -0.05) is 12.5 Å². The van der Waals surface area contributed by atoms with E-state index in [1.54, 1.807) is 18.6 Å². The van der Waals surface area contributed by atoms with Crippen LogP contribution in [0, 0.1) is 0 Å². The molecule has 1 saturated heterocycles. The largest absolute Gasteiger partial charge is 0.326 e. The topological polar surface area (TPSA) is 83.0 Å². The number of nitrogens with zero attached hydrogens (tertiary/aromatic N) is 4. The first-order chi connectivity index (χ1) is 13.8. The molecule has 4 heterocycles. The van der Waals surface area contributed by atoms with E-state index < -0.39 is 0 Å². The van der Waals surface area contributed by atoms with E-state index in [0.29, 0.717) is 11.6 Å². The number of carbonyl (C=O) groups excluding carboxylic acids is 1. The Labute approximate surface area is 167 Å². The fraction of sp³-hybridized carbons (Fsp3) is 0.300. The first-order valence-electron chi connectivity index (χ1n) is 9.38. The van der Waals surface area contributed by atoms with Gasteiger partial charge in [0.2, 0.25) is 0 Å². The molecule has 3 aromatic rings. The lowest BCUT2D eigenvalue weighted by Crippen LogP contribution is -2.30. The maximum absolute atomic E-state index is 12.5. The first-order valence-corrected chi connectivity index (χ1v) is 10.3. The van der Waals surface area contributed by atoms with Crippen LogP contribution in [0.25, 0.3) is 10.6 Å². The number of hydrogen-bond acceptors (Lipinski definition) is 6. The molecule has 0 spiro atoms. The average molecular weight is 395 g/mol. The molecule has 144 valence electrons. The van der Waals surface area contributed by atoms with Crippen molar-refractivity contribution in [2.24, 2.45) is 0 Å². The van der Waals surface area contributed by atoms with E-state index in [0.717, 1.165) is 35.8 Å². The number of amides is 2. The molecule has 3 aromatic heterocycles. The van der Waals surface area contributed by atoms with E-state index in [9.17, 15) is 4.79 Å². The summed E-state index contributed by atoms with van der Waals surface area (Å²) in [5.41, 5.74) is 2.00. The summed E-state index contributed by atoms with van der Waals surface area (Å²) in [4.78, 5) is 27.7. The van der Waals surface area contributed by atoms with Gasteiger partial charge >= 0.3 is 6.03 Å². The number of aromatic nitrogens is 3. The van der Waals surface area contributed by atoms with E-state index in [1.807, 2.05) is 29.6 Å². The predicted molar refractivity (Wildman–Crippen MR) is 111 cm³/mol. The zero-order valence-electron chi connectivity index (χ0n) is 15.5. The first kappa shape index (κ1) is 18.5. The third-order valence-electron chi connectivity index (χ3n) is 4.64. The van der Waals surface area contributed by atoms with Crippen molar-refractivity contribution in [3.05, 3.63) is 53.8 Å². The van der Waals surface area contributed by atoms with Crippen LogP contribution in [0.3, 0.4) is 0 Å². The Hall–Kier alpha value is -2.84. The summed E-state index contributed by atoms with van der Waals surface area (Å²) < 4.78 is 0. The molecule has 2 N–H and O–H groups in total. The van der Waals surface area contributed by atoms with Crippen molar-refractivity contribution >= 4 is 29.0 Å². The van der Waals surface area contributed by atoms with Crippen LogP contribution in [0.5, 0.6) is 0 Å². The summed E-state index contributed by atoms with van der Waals surface area (Å²) >= 11 is 1.47. The number of hydrogen-bond donors (Lipinski definition) is 2. The van der Waals surface area contributed by atoms with E-state index >= 15 is 0 Å². The van der Waals surface area contributed by atoms with Crippen molar-refractivity contribution in [2.75, 3.05) is 23.7 Å². The van der Waals surface area contributed by atoms with Gasteiger partial charge in [0, 0.05) is 41.6 Å². The number of carbonyl (C=O) groups is 1. The fourth-order valence-corrected chi connectivity index (χ4v) is 4.01. The second kappa shape index (κ2) is 8.90. The number of likely N-dealkylation sites (tertiary alicyclic amines) is 1. The van der Waals surface area contributed by atoms with E-state index in [4.69, 9.17) is 0 Å². The maximum atomic E-state index is 12.5. The third-order valence-corrected chi connectivity index (χ3v) is 5.53. The lowest BCUT2D eigenvalue weighted by molar-refractivity contribution is 0.221. The van der Waals surface area contributed by atoms with E-state index in [1.165, 1.54) is 30.6 Å². The van der Waals surface area contributed by atoms with Gasteiger partial charge in [0.15, 0.2) is 0 Å². The quantitative estimate of drug-likeness (QED) is 0.677. The molecule has 2 amide bonds. The van der Waals surface area contributed by atoms with Gasteiger partial charge in [-0.15, -0.1) is 11.3 Å². The molecule has 8 heteroatoms. The SMILES string of the molecule is O=C(Nc1csc(-c2ccncc2)n1)Nc1ncccc1CN1CCCCC1. The maximum Gasteiger partial charge on any atom is 0.326 e. The summed E-state index contributed by atoms with van der Waals surface area (Å²) in [6.45, 7) is 2.99. The average Bonchev–Trinajstić information content (AvgIpc) is 3.19. The van der Waals surface area contributed by atoms with Crippen LogP contribution >= 0.6 is 11.3 Å². The normalized spacial score (nSPS) is 14.6. The summed E-state index contributed by atoms with van der Waals surface area (Å²) in [6, 6.07) is 7.36. The Balaban J connectivity index is 1.39. The molecule has 0 atom stereocenters. The van der Waals surface area contributed by atoms with Crippen molar-refractivity contribution in [3.8, 4) is 10.6 Å². The highest BCUT2D eigenvalue weighted by Crippen LogP contribution is 2.25. The minimum absolute atomic E-state index is 0.342. The lowest BCUT2D eigenvalue weighted by Gasteiger charge is -2.27. The van der Waals surface area contributed by atoms with Crippen LogP contribution in [0.2, 0.25) is 0 Å². The van der Waals surface area contributed by atoms with Crippen LogP contribution in [0.15, 0.2) is 48.2 Å². The number of anilines is 2. The molecule has 0 unspecified atom stereocenters. The highest BCUT2D eigenvalue weighted by Gasteiger charge is 2.15. The van der Waals surface area contributed by atoms with Crippen molar-refractivity contribution < 1.29 is 4.79 Å². The molecule has 0 radical (unpaired) electrons. The highest BCUT2D eigenvalue weighted by molar-refractivity contribution is 7.13. The van der Waals surface area contributed by atoms with Crippen LogP contribution in [0.4, 0.5) is 16.4 Å². The van der Waals surface area contributed by atoms with Crippen molar-refractivity contribution in [1.82, 2.24) is 19.9 Å². The second-order valence-corrected chi connectivity index (χ2v) is 7.56. The van der Waals surface area contributed by atoms with Crippen molar-refractivity contribution in [3.63, 3.8) is 0 Å². The molecule has 7 nitrogen and oxygen atoms in total. The van der Waals surface area contributed by atoms with Crippen LogP contribution in [0.1, 0.15) is 24.8 Å². The lowest BCUT2D eigenvalue weighted by atomic mass is 10.1. The van der Waals surface area contributed by atoms with Gasteiger partial charge in [0.05, 0.1) is 0 Å². The van der Waals surface area contributed by atoms with Crippen molar-refractivity contribution in [1.29, 1.82) is 0 Å². The smallest absolute Gasteiger partial charge is 0.299 e. The Morgan fingerprint density at radius 3 is 2.71 bits per heavy atom. The van der Waals surface area contributed by atoms with E-state index in [2.05, 4.69) is 30.5 Å². The van der Waals surface area contributed by atoms with Crippen LogP contribution in [-0.2, 0) is 6.54 Å². The molecular weight excluding hydrogens is 372 g/mol. The number of thiazole rings is 1. The minimum atomic E-state index is -0.342. The fourth-order valence-electron chi connectivity index (χ4n) is 3.25. The molecular formula is C20H22N6OS. The Bertz CT molecular complexity index is 923. The zero-order chi connectivity index (χ0) is 19.2. The molecule has 1 fully saturated rings. The number of pyridine rings is 2. The van der Waals surface area contributed by atoms with E-state index in [-0.39, 0.29) is 6.03 Å². The highest BCUT2D eigenvalue weighted by atomic mass is 32.1. The molecule has 1 aliphatic rings. The number of piperidine rings is 1. The van der Waals surface area contributed by atoms with Crippen LogP contribution < -0.4 is 10.6 Å². The zero-order valence-corrected chi connectivity index (χ0v) is 16.3. The molecule has 4 rings (SSSR count). The number of rotatable bonds is 5. The standard InChI is InChI=1S/C20H22N6OS/c27-20(24-17-14-28-19(23-17)15-6-9-21-10-7-15)25-18-16(5-4-8-22-18)13-26-11-2-1-3-12-26/h4-10,14H,1-3,11-13H2,(H2,22,24,25,27). The van der Waals surface area contributed by atoms with Gasteiger partial charge in [-0.05, 0) is 44.1 Å². The van der Waals surface area contributed by atoms with Gasteiger partial charge in [-0.3, -0.25) is 20.5 Å². The minimum Gasteiger partial charge on any atom is -0.299 e. The van der Waals surface area contributed by atoms with Gasteiger partial charge < -0.3 is 0 Å². The molecule has 0 aromatic carbocycles. The van der Waals surface area contributed by atoms with Crippen LogP contribution in [-0.4, -0.2) is 39.0 Å². The second-order valence-electron chi connectivity index (χ2n) is 6.70. The molecule has 0 bridgehead atoms. The molecule has 1 aliphatic heterocycles. The Morgan fingerprint density at radius 1 is 1.07 bits per heavy atom.